The van der Waals surface area contributed by atoms with E-state index in [1.807, 2.05) is 0 Å². The van der Waals surface area contributed by atoms with E-state index in [1.54, 1.807) is 6.07 Å². The van der Waals surface area contributed by atoms with Gasteiger partial charge in [-0.1, -0.05) is 36.4 Å². The summed E-state index contributed by atoms with van der Waals surface area (Å²) >= 11 is 0. The largest absolute Gasteiger partial charge is 0.205 e. The second-order valence-electron chi connectivity index (χ2n) is 9.21. The molecule has 2 aromatic carbocycles. The van der Waals surface area contributed by atoms with Crippen LogP contribution in [0, 0.1) is 11.3 Å². The van der Waals surface area contributed by atoms with E-state index in [1.165, 1.54) is 52.8 Å². The average Bonchev–Trinajstić information content (AvgIpc) is 2.84. The summed E-state index contributed by atoms with van der Waals surface area (Å²) in [5.74, 6) is 0. The Morgan fingerprint density at radius 1 is 0.558 bits per heavy atom. The number of hydrogen-bond donors (Lipinski definition) is 0. The second kappa shape index (κ2) is 11.2. The SMILES string of the molecule is CC#N.F[P-](F)(F)(F)(F)F.F[P-](F)(F)(F)(F)F.c1cc2c3c(cccc3c1)-c1cc[n+](cc1)CCCC[n+]1ccc-2cc1. The minimum Gasteiger partial charge on any atom is -0.205 e. The molecule has 0 radical (unpaired) electrons. The molecule has 0 spiro atoms. The molecule has 4 bridgehead atoms. The van der Waals surface area contributed by atoms with Crippen LogP contribution in [0.4, 0.5) is 50.4 Å². The van der Waals surface area contributed by atoms with Crippen molar-refractivity contribution in [3.63, 3.8) is 0 Å². The Balaban J connectivity index is 0.000000315. The third-order valence-electron chi connectivity index (χ3n) is 5.39. The predicted octanol–water partition coefficient (Wildman–Crippen LogP) is 11.8. The zero-order chi connectivity index (χ0) is 32.9. The van der Waals surface area contributed by atoms with Crippen LogP contribution in [0.2, 0.25) is 0 Å². The number of hydrogen-bond acceptors (Lipinski definition) is 1. The van der Waals surface area contributed by atoms with E-state index in [2.05, 4.69) is 94.6 Å². The summed E-state index contributed by atoms with van der Waals surface area (Å²) in [4.78, 5) is 0. The van der Waals surface area contributed by atoms with Crippen molar-refractivity contribution in [3.8, 4) is 28.3 Å². The Labute approximate surface area is 238 Å². The van der Waals surface area contributed by atoms with Gasteiger partial charge in [-0.2, -0.15) is 5.26 Å². The van der Waals surface area contributed by atoms with E-state index in [9.17, 15) is 50.4 Å². The molecule has 0 aliphatic carbocycles. The molecule has 4 aliphatic heterocycles. The standard InChI is InChI=1S/C24H22N2.C2H3N.2F6P/c1-2-14-26-17-11-20(12-18-26)23-8-4-6-21-5-3-7-22(24(21)23)19-9-15-25(13-1)16-10-19;1-2-3;2*1-7(2,3,4,5)6/h3-12,15-18H,1-2,13-14H2;1H3;;/q+2;;2*-1. The van der Waals surface area contributed by atoms with Crippen molar-refractivity contribution in [2.75, 3.05) is 0 Å². The molecular weight excluding hydrogens is 644 g/mol. The minimum atomic E-state index is -10.7. The summed E-state index contributed by atoms with van der Waals surface area (Å²) in [6, 6.07) is 24.0. The number of nitrogens with zero attached hydrogens (tertiary/aromatic N) is 3. The molecule has 8 rings (SSSR count). The third kappa shape index (κ3) is 16.7. The van der Waals surface area contributed by atoms with Crippen molar-refractivity contribution in [2.24, 2.45) is 0 Å². The Kier molecular flexibility index (Phi) is 9.31. The first-order valence-corrected chi connectivity index (χ1v) is 16.2. The first-order chi connectivity index (χ1) is 19.2. The van der Waals surface area contributed by atoms with Gasteiger partial charge in [0.15, 0.2) is 24.8 Å². The summed E-state index contributed by atoms with van der Waals surface area (Å²) in [5.41, 5.74) is 5.16. The topological polar surface area (TPSA) is 31.5 Å². The maximum absolute atomic E-state index is 10.7. The molecule has 0 saturated heterocycles. The molecule has 238 valence electrons. The van der Waals surface area contributed by atoms with Crippen LogP contribution in [0.5, 0.6) is 0 Å². The Hall–Kier alpha value is -3.49. The maximum atomic E-state index is 9.87. The van der Waals surface area contributed by atoms with Crippen LogP contribution >= 0.6 is 15.6 Å². The first-order valence-electron chi connectivity index (χ1n) is 12.1. The monoisotopic (exact) mass is 669 g/mol. The van der Waals surface area contributed by atoms with Gasteiger partial charge in [-0.05, 0) is 33.0 Å². The van der Waals surface area contributed by atoms with Crippen molar-refractivity contribution >= 4 is 26.4 Å². The maximum Gasteiger partial charge on any atom is 0.169 e. The fraction of sp³-hybridized carbons (Fsp3) is 0.192. The fourth-order valence-electron chi connectivity index (χ4n) is 3.98. The van der Waals surface area contributed by atoms with Gasteiger partial charge in [0.25, 0.3) is 0 Å². The first kappa shape index (κ1) is 35.7. The molecule has 0 saturated carbocycles. The van der Waals surface area contributed by atoms with E-state index in [0.29, 0.717) is 0 Å². The molecule has 0 N–H and O–H groups in total. The number of nitriles is 1. The summed E-state index contributed by atoms with van der Waals surface area (Å²) < 4.78 is 123. The van der Waals surface area contributed by atoms with Gasteiger partial charge in [0.1, 0.15) is 13.1 Å². The van der Waals surface area contributed by atoms with Gasteiger partial charge >= 0.3 is 66.0 Å². The average molecular weight is 669 g/mol. The normalized spacial score (nSPS) is 15.9. The van der Waals surface area contributed by atoms with Crippen LogP contribution in [-0.2, 0) is 13.1 Å². The molecule has 17 heteroatoms. The van der Waals surface area contributed by atoms with Crippen LogP contribution in [0.3, 0.4) is 0 Å². The number of benzene rings is 2. The molecule has 2 aromatic heterocycles. The zero-order valence-corrected chi connectivity index (χ0v) is 24.0. The summed E-state index contributed by atoms with van der Waals surface area (Å²) in [5, 5.41) is 9.94. The molecule has 43 heavy (non-hydrogen) atoms. The zero-order valence-electron chi connectivity index (χ0n) is 22.2. The van der Waals surface area contributed by atoms with Gasteiger partial charge in [-0.3, -0.25) is 0 Å². The molecule has 3 nitrogen and oxygen atoms in total. The molecule has 0 fully saturated rings. The minimum absolute atomic E-state index is 1.07. The molecule has 0 amide bonds. The number of pyridine rings is 2. The quantitative estimate of drug-likeness (QED) is 0.104. The summed E-state index contributed by atoms with van der Waals surface area (Å²) in [7, 11) is -21.3. The fourth-order valence-corrected chi connectivity index (χ4v) is 3.98. The van der Waals surface area contributed by atoms with Crippen LogP contribution in [0.15, 0.2) is 85.5 Å². The van der Waals surface area contributed by atoms with Gasteiger partial charge in [0, 0.05) is 44.0 Å². The molecule has 6 heterocycles. The van der Waals surface area contributed by atoms with E-state index in [-0.39, 0.29) is 0 Å². The number of aromatic nitrogens is 2. The Bertz CT molecular complexity index is 1460. The van der Waals surface area contributed by atoms with Gasteiger partial charge < -0.3 is 0 Å². The molecular formula is C26H25F12N3P2. The number of halogens is 12. The molecule has 0 unspecified atom stereocenters. The summed E-state index contributed by atoms with van der Waals surface area (Å²) in [6.45, 7) is 3.57. The van der Waals surface area contributed by atoms with Gasteiger partial charge in [-0.25, -0.2) is 9.13 Å². The molecule has 0 atom stereocenters. The van der Waals surface area contributed by atoms with Crippen molar-refractivity contribution in [3.05, 3.63) is 85.5 Å². The van der Waals surface area contributed by atoms with Crippen LogP contribution < -0.4 is 9.13 Å². The van der Waals surface area contributed by atoms with Crippen molar-refractivity contribution in [1.29, 1.82) is 5.26 Å². The van der Waals surface area contributed by atoms with E-state index < -0.39 is 15.6 Å². The molecule has 4 aromatic rings. The third-order valence-corrected chi connectivity index (χ3v) is 5.39. The van der Waals surface area contributed by atoms with Crippen LogP contribution in [-0.4, -0.2) is 0 Å². The number of aryl methyl sites for hydroxylation is 2. The Morgan fingerprint density at radius 3 is 1.12 bits per heavy atom. The van der Waals surface area contributed by atoms with Gasteiger partial charge in [0.2, 0.25) is 0 Å². The van der Waals surface area contributed by atoms with E-state index in [0.717, 1.165) is 13.1 Å². The Morgan fingerprint density at radius 2 is 0.837 bits per heavy atom. The number of rotatable bonds is 0. The van der Waals surface area contributed by atoms with Crippen LogP contribution in [0.1, 0.15) is 19.8 Å². The summed E-state index contributed by atoms with van der Waals surface area (Å²) in [6.07, 6.45) is 11.2. The van der Waals surface area contributed by atoms with Gasteiger partial charge in [-0.15, -0.1) is 0 Å². The predicted molar refractivity (Wildman–Crippen MR) is 143 cm³/mol. The van der Waals surface area contributed by atoms with Crippen LogP contribution in [0.25, 0.3) is 33.0 Å². The van der Waals surface area contributed by atoms with Crippen molar-refractivity contribution in [1.82, 2.24) is 0 Å². The van der Waals surface area contributed by atoms with E-state index >= 15 is 0 Å². The van der Waals surface area contributed by atoms with Crippen molar-refractivity contribution < 1.29 is 59.5 Å². The molecule has 4 aliphatic rings. The van der Waals surface area contributed by atoms with Crippen molar-refractivity contribution in [2.45, 2.75) is 32.9 Å². The van der Waals surface area contributed by atoms with E-state index in [4.69, 9.17) is 5.26 Å². The second-order valence-corrected chi connectivity index (χ2v) is 13.0. The smallest absolute Gasteiger partial charge is 0.169 e. The van der Waals surface area contributed by atoms with Gasteiger partial charge in [0.05, 0.1) is 6.07 Å².